The van der Waals surface area contributed by atoms with Crippen molar-refractivity contribution in [1.29, 1.82) is 0 Å². The quantitative estimate of drug-likeness (QED) is 0.249. The van der Waals surface area contributed by atoms with Gasteiger partial charge in [-0.2, -0.15) is 13.2 Å². The maximum Gasteiger partial charge on any atom is 0.416 e. The van der Waals surface area contributed by atoms with Gasteiger partial charge in [-0.1, -0.05) is 27.3 Å². The molecule has 3 aromatic rings. The van der Waals surface area contributed by atoms with Crippen LogP contribution in [0, 0.1) is 0 Å². The molecule has 248 valence electrons. The number of amides is 1. The van der Waals surface area contributed by atoms with Crippen LogP contribution < -0.4 is 10.2 Å². The van der Waals surface area contributed by atoms with E-state index in [1.165, 1.54) is 17.5 Å². The summed E-state index contributed by atoms with van der Waals surface area (Å²) in [6.07, 6.45) is 0.893. The molecule has 1 aromatic carbocycles. The van der Waals surface area contributed by atoms with Crippen molar-refractivity contribution in [2.75, 3.05) is 49.5 Å². The highest BCUT2D eigenvalue weighted by molar-refractivity contribution is 9.10. The van der Waals surface area contributed by atoms with E-state index in [0.717, 1.165) is 42.9 Å². The van der Waals surface area contributed by atoms with Gasteiger partial charge in [-0.15, -0.1) is 0 Å². The molecule has 10 nitrogen and oxygen atoms in total. The molecule has 2 aliphatic rings. The fourth-order valence-corrected chi connectivity index (χ4v) is 7.30. The monoisotopic (exact) mass is 723 g/mol. The van der Waals surface area contributed by atoms with E-state index in [2.05, 4.69) is 64.7 Å². The molecular formula is C31H37BrF3N7O3S. The Morgan fingerprint density at radius 3 is 2.54 bits per heavy atom. The summed E-state index contributed by atoms with van der Waals surface area (Å²) in [6.45, 7) is 10.5. The van der Waals surface area contributed by atoms with Gasteiger partial charge in [0, 0.05) is 59.7 Å². The van der Waals surface area contributed by atoms with E-state index in [0.29, 0.717) is 66.8 Å². The van der Waals surface area contributed by atoms with Crippen LogP contribution in [0.5, 0.6) is 0 Å². The zero-order valence-electron chi connectivity index (χ0n) is 25.9. The summed E-state index contributed by atoms with van der Waals surface area (Å²) < 4.78 is 46.2. The van der Waals surface area contributed by atoms with Crippen LogP contribution in [0.1, 0.15) is 61.0 Å². The molecule has 2 aliphatic heterocycles. The number of anilines is 2. The number of esters is 1. The van der Waals surface area contributed by atoms with Gasteiger partial charge in [0.2, 0.25) is 0 Å². The van der Waals surface area contributed by atoms with Crippen molar-refractivity contribution in [3.05, 3.63) is 51.2 Å². The fraction of sp³-hybridized carbons (Fsp3) is 0.516. The lowest BCUT2D eigenvalue weighted by molar-refractivity contribution is -0.143. The maximum atomic E-state index is 13.6. The van der Waals surface area contributed by atoms with Gasteiger partial charge in [-0.3, -0.25) is 24.7 Å². The van der Waals surface area contributed by atoms with Crippen LogP contribution in [0.15, 0.2) is 35.1 Å². The van der Waals surface area contributed by atoms with Gasteiger partial charge in [0.05, 0.1) is 36.7 Å². The third-order valence-corrected chi connectivity index (χ3v) is 9.74. The first-order valence-corrected chi connectivity index (χ1v) is 16.9. The van der Waals surface area contributed by atoms with E-state index in [-0.39, 0.29) is 22.8 Å². The van der Waals surface area contributed by atoms with Crippen molar-refractivity contribution >= 4 is 50.1 Å². The Balaban J connectivity index is 1.28. The van der Waals surface area contributed by atoms with Crippen LogP contribution in [-0.4, -0.2) is 88.0 Å². The number of hydrogen-bond donors (Lipinski definition) is 1. The van der Waals surface area contributed by atoms with Gasteiger partial charge in [0.25, 0.3) is 5.91 Å². The molecule has 1 N–H and O–H groups in total. The topological polar surface area (TPSA) is 104 Å². The summed E-state index contributed by atoms with van der Waals surface area (Å²) in [6, 6.07) is 4.26. The third kappa shape index (κ3) is 8.41. The highest BCUT2D eigenvalue weighted by Gasteiger charge is 2.32. The van der Waals surface area contributed by atoms with E-state index in [9.17, 15) is 22.8 Å². The van der Waals surface area contributed by atoms with Gasteiger partial charge in [0.1, 0.15) is 11.5 Å². The highest BCUT2D eigenvalue weighted by Crippen LogP contribution is 2.39. The average Bonchev–Trinajstić information content (AvgIpc) is 3.61. The second-order valence-corrected chi connectivity index (χ2v) is 13.6. The van der Waals surface area contributed by atoms with Gasteiger partial charge in [-0.25, -0.2) is 15.0 Å². The summed E-state index contributed by atoms with van der Waals surface area (Å²) >= 11 is 4.47. The molecule has 46 heavy (non-hydrogen) atoms. The molecule has 0 saturated carbocycles. The van der Waals surface area contributed by atoms with E-state index >= 15 is 0 Å². The lowest BCUT2D eigenvalue weighted by Crippen LogP contribution is -2.52. The van der Waals surface area contributed by atoms with Gasteiger partial charge in [-0.05, 0) is 58.4 Å². The minimum absolute atomic E-state index is 0.0955. The van der Waals surface area contributed by atoms with Crippen molar-refractivity contribution < 1.29 is 27.5 Å². The number of carbonyl (C=O) groups is 2. The number of halogens is 4. The first kappa shape index (κ1) is 34.2. The van der Waals surface area contributed by atoms with Crippen LogP contribution in [0.4, 0.5) is 24.1 Å². The minimum Gasteiger partial charge on any atom is -0.466 e. The molecule has 2 fully saturated rings. The Labute approximate surface area is 278 Å². The molecular weight excluding hydrogens is 687 g/mol. The Morgan fingerprint density at radius 1 is 1.09 bits per heavy atom. The molecule has 1 amide bonds. The third-order valence-electron chi connectivity index (χ3n) is 8.32. The number of likely N-dealkylation sites (tertiary alicyclic amines) is 1. The summed E-state index contributed by atoms with van der Waals surface area (Å²) in [5.41, 5.74) is 0.0414. The van der Waals surface area contributed by atoms with Gasteiger partial charge >= 0.3 is 12.1 Å². The van der Waals surface area contributed by atoms with E-state index in [4.69, 9.17) is 4.74 Å². The van der Waals surface area contributed by atoms with Crippen molar-refractivity contribution in [3.8, 4) is 11.3 Å². The van der Waals surface area contributed by atoms with E-state index in [1.54, 1.807) is 19.2 Å². The lowest BCUT2D eigenvalue weighted by atomic mass is 10.1. The van der Waals surface area contributed by atoms with Crippen LogP contribution in [0.25, 0.3) is 11.3 Å². The molecule has 0 unspecified atom stereocenters. The first-order valence-electron chi connectivity index (χ1n) is 15.3. The number of ether oxygens (including phenoxy) is 1. The lowest BCUT2D eigenvalue weighted by Gasteiger charge is -2.40. The maximum absolute atomic E-state index is 13.6. The molecule has 0 spiro atoms. The van der Waals surface area contributed by atoms with Crippen molar-refractivity contribution in [2.45, 2.75) is 64.8 Å². The van der Waals surface area contributed by atoms with Crippen LogP contribution in [-0.2, 0) is 22.3 Å². The molecule has 15 heteroatoms. The number of thiazole rings is 1. The molecule has 2 aromatic heterocycles. The molecule has 0 radical (unpaired) electrons. The van der Waals surface area contributed by atoms with E-state index < -0.39 is 17.6 Å². The number of nitrogens with one attached hydrogen (secondary N) is 1. The summed E-state index contributed by atoms with van der Waals surface area (Å²) in [7, 11) is 0. The fourth-order valence-electron chi connectivity index (χ4n) is 5.81. The molecule has 0 aliphatic carbocycles. The first-order chi connectivity index (χ1) is 21.9. The molecule has 2 atom stereocenters. The van der Waals surface area contributed by atoms with Gasteiger partial charge < -0.3 is 9.64 Å². The number of nitrogens with zero attached hydrogens (tertiary/aromatic N) is 6. The number of hydrogen-bond acceptors (Lipinski definition) is 10. The molecule has 5 rings (SSSR count). The summed E-state index contributed by atoms with van der Waals surface area (Å²) in [5.74, 6) is -0.0723. The SMILES string of the molecule is CCOC(=O)CCN1CCN(c2cnc(C(=O)Nc3nc(-c4cc(Br)cc(C(F)(F)F)c4)c(CN4CCC[C@H]4C)s3)cn2)C[C@H]1C. The van der Waals surface area contributed by atoms with Crippen molar-refractivity contribution in [1.82, 2.24) is 24.8 Å². The summed E-state index contributed by atoms with van der Waals surface area (Å²) in [5, 5.41) is 3.06. The largest absolute Gasteiger partial charge is 0.466 e. The Hall–Kier alpha value is -3.14. The summed E-state index contributed by atoms with van der Waals surface area (Å²) in [4.78, 5) is 45.8. The number of alkyl halides is 3. The normalized spacial score (nSPS) is 19.4. The number of piperazine rings is 1. The number of aromatic nitrogens is 3. The smallest absolute Gasteiger partial charge is 0.416 e. The Morgan fingerprint density at radius 2 is 1.89 bits per heavy atom. The predicted molar refractivity (Wildman–Crippen MR) is 174 cm³/mol. The number of carbonyl (C=O) groups excluding carboxylic acids is 2. The Kier molecular flexibility index (Phi) is 11.0. The Bertz CT molecular complexity index is 1540. The molecule has 2 saturated heterocycles. The van der Waals surface area contributed by atoms with Crippen LogP contribution in [0.2, 0.25) is 0 Å². The minimum atomic E-state index is -4.52. The van der Waals surface area contributed by atoms with Crippen molar-refractivity contribution in [3.63, 3.8) is 0 Å². The van der Waals surface area contributed by atoms with Gasteiger partial charge in [0.15, 0.2) is 5.13 Å². The second kappa shape index (κ2) is 14.7. The second-order valence-electron chi connectivity index (χ2n) is 11.6. The standard InChI is InChI=1S/C31H37BrF3N7O3S/c1-4-45-27(43)7-9-40-10-11-42(17-20(40)3)26-16-36-24(15-37-26)29(44)39-30-38-28(25(46-30)18-41-8-5-6-19(41)2)21-12-22(31(33,34)35)14-23(32)13-21/h12-16,19-20H,4-11,17-18H2,1-3H3,(H,38,39,44)/t19-,20-/m1/s1. The van der Waals surface area contributed by atoms with Crippen LogP contribution in [0.3, 0.4) is 0 Å². The zero-order chi connectivity index (χ0) is 33.0. The predicted octanol–water partition coefficient (Wildman–Crippen LogP) is 6.08. The number of benzene rings is 1. The van der Waals surface area contributed by atoms with E-state index in [1.807, 2.05) is 0 Å². The molecule has 0 bridgehead atoms. The molecule has 4 heterocycles. The van der Waals surface area contributed by atoms with Crippen LogP contribution >= 0.6 is 27.3 Å². The number of rotatable bonds is 10. The van der Waals surface area contributed by atoms with Crippen molar-refractivity contribution in [2.24, 2.45) is 0 Å². The highest BCUT2D eigenvalue weighted by atomic mass is 79.9. The zero-order valence-corrected chi connectivity index (χ0v) is 28.3. The average molecular weight is 725 g/mol.